The predicted octanol–water partition coefficient (Wildman–Crippen LogP) is 4.80. The van der Waals surface area contributed by atoms with Crippen molar-refractivity contribution < 1.29 is 0 Å². The Morgan fingerprint density at radius 3 is 2.56 bits per heavy atom. The standard InChI is InChI=1S/C21H22N4/c1-15-13-19(25-21(23-15)18-11-6-12-22-14-18)24-20(17-9-5-10-17)16-7-3-2-4-8-16/h2-4,6-8,11-14,17,20H,5,9-10H2,1H3,(H,23,24,25). The molecule has 2 heterocycles. The molecule has 4 heteroatoms. The zero-order valence-electron chi connectivity index (χ0n) is 14.4. The lowest BCUT2D eigenvalue weighted by Gasteiger charge is -2.35. The highest BCUT2D eigenvalue weighted by molar-refractivity contribution is 5.56. The Kier molecular flexibility index (Phi) is 4.42. The van der Waals surface area contributed by atoms with Crippen LogP contribution in [0.3, 0.4) is 0 Å². The number of pyridine rings is 1. The number of hydrogen-bond donors (Lipinski definition) is 1. The minimum absolute atomic E-state index is 0.297. The molecular weight excluding hydrogens is 308 g/mol. The van der Waals surface area contributed by atoms with E-state index < -0.39 is 0 Å². The van der Waals surface area contributed by atoms with Crippen LogP contribution in [0.15, 0.2) is 60.9 Å². The summed E-state index contributed by atoms with van der Waals surface area (Å²) in [6, 6.07) is 16.9. The molecule has 1 aliphatic carbocycles. The minimum Gasteiger partial charge on any atom is -0.363 e. The van der Waals surface area contributed by atoms with Crippen molar-refractivity contribution in [3.05, 3.63) is 72.2 Å². The van der Waals surface area contributed by atoms with Crippen molar-refractivity contribution in [2.24, 2.45) is 5.92 Å². The number of nitrogens with one attached hydrogen (secondary N) is 1. The van der Waals surface area contributed by atoms with Crippen LogP contribution >= 0.6 is 0 Å². The first-order valence-electron chi connectivity index (χ1n) is 8.87. The van der Waals surface area contributed by atoms with Gasteiger partial charge in [-0.05, 0) is 43.4 Å². The molecule has 1 atom stereocenters. The second-order valence-corrected chi connectivity index (χ2v) is 6.68. The van der Waals surface area contributed by atoms with Crippen LogP contribution in [0.25, 0.3) is 11.4 Å². The average Bonchev–Trinajstić information content (AvgIpc) is 2.61. The van der Waals surface area contributed by atoms with E-state index in [9.17, 15) is 0 Å². The first kappa shape index (κ1) is 15.8. The molecule has 25 heavy (non-hydrogen) atoms. The van der Waals surface area contributed by atoms with Crippen LogP contribution in [0.5, 0.6) is 0 Å². The summed E-state index contributed by atoms with van der Waals surface area (Å²) in [5.41, 5.74) is 3.22. The fourth-order valence-electron chi connectivity index (χ4n) is 3.33. The smallest absolute Gasteiger partial charge is 0.163 e. The molecule has 4 nitrogen and oxygen atoms in total. The van der Waals surface area contributed by atoms with Crippen LogP contribution in [-0.4, -0.2) is 15.0 Å². The van der Waals surface area contributed by atoms with Crippen LogP contribution in [0, 0.1) is 12.8 Å². The Morgan fingerprint density at radius 1 is 1.04 bits per heavy atom. The van der Waals surface area contributed by atoms with E-state index in [1.807, 2.05) is 25.1 Å². The van der Waals surface area contributed by atoms with Crippen LogP contribution in [0.1, 0.15) is 36.6 Å². The zero-order chi connectivity index (χ0) is 17.1. The van der Waals surface area contributed by atoms with Crippen molar-refractivity contribution in [3.8, 4) is 11.4 Å². The van der Waals surface area contributed by atoms with Gasteiger partial charge in [-0.3, -0.25) is 4.98 Å². The van der Waals surface area contributed by atoms with Gasteiger partial charge in [0.15, 0.2) is 5.82 Å². The summed E-state index contributed by atoms with van der Waals surface area (Å²) < 4.78 is 0. The highest BCUT2D eigenvalue weighted by Crippen LogP contribution is 2.39. The normalized spacial score (nSPS) is 15.4. The summed E-state index contributed by atoms with van der Waals surface area (Å²) in [6.45, 7) is 2.01. The molecule has 0 radical (unpaired) electrons. The number of benzene rings is 1. The monoisotopic (exact) mass is 330 g/mol. The average molecular weight is 330 g/mol. The molecule has 1 N–H and O–H groups in total. The van der Waals surface area contributed by atoms with Gasteiger partial charge in [-0.15, -0.1) is 0 Å². The molecule has 1 aromatic carbocycles. The van der Waals surface area contributed by atoms with E-state index in [-0.39, 0.29) is 0 Å². The maximum absolute atomic E-state index is 4.75. The molecule has 1 aliphatic rings. The fraction of sp³-hybridized carbons (Fsp3) is 0.286. The van der Waals surface area contributed by atoms with E-state index in [1.165, 1.54) is 24.8 Å². The molecule has 1 unspecified atom stereocenters. The summed E-state index contributed by atoms with van der Waals surface area (Å²) in [5, 5.41) is 3.68. The highest BCUT2D eigenvalue weighted by Gasteiger charge is 2.28. The molecular formula is C21H22N4. The molecule has 1 saturated carbocycles. The van der Waals surface area contributed by atoms with Gasteiger partial charge in [-0.2, -0.15) is 0 Å². The number of aryl methyl sites for hydroxylation is 1. The summed E-state index contributed by atoms with van der Waals surface area (Å²) in [6.07, 6.45) is 7.43. The van der Waals surface area contributed by atoms with Crippen molar-refractivity contribution in [1.82, 2.24) is 15.0 Å². The molecule has 4 rings (SSSR count). The zero-order valence-corrected chi connectivity index (χ0v) is 14.4. The number of anilines is 1. The van der Waals surface area contributed by atoms with E-state index in [0.29, 0.717) is 12.0 Å². The Balaban J connectivity index is 1.65. The first-order chi connectivity index (χ1) is 12.3. The van der Waals surface area contributed by atoms with E-state index in [1.54, 1.807) is 12.4 Å². The molecule has 3 aromatic rings. The Morgan fingerprint density at radius 2 is 1.88 bits per heavy atom. The SMILES string of the molecule is Cc1cc(NC(c2ccccc2)C2CCC2)nc(-c2cccnc2)n1. The van der Waals surface area contributed by atoms with Gasteiger partial charge in [0.25, 0.3) is 0 Å². The van der Waals surface area contributed by atoms with Crippen LogP contribution in [0.2, 0.25) is 0 Å². The maximum Gasteiger partial charge on any atom is 0.163 e. The molecule has 0 bridgehead atoms. The Hall–Kier alpha value is -2.75. The molecule has 0 spiro atoms. The molecule has 1 fully saturated rings. The third-order valence-electron chi connectivity index (χ3n) is 4.86. The van der Waals surface area contributed by atoms with Crippen molar-refractivity contribution in [3.63, 3.8) is 0 Å². The predicted molar refractivity (Wildman–Crippen MR) is 100 cm³/mol. The number of rotatable bonds is 5. The quantitative estimate of drug-likeness (QED) is 0.730. The summed E-state index contributed by atoms with van der Waals surface area (Å²) in [5.74, 6) is 2.27. The van der Waals surface area contributed by atoms with Crippen molar-refractivity contribution in [2.45, 2.75) is 32.2 Å². The van der Waals surface area contributed by atoms with Gasteiger partial charge < -0.3 is 5.32 Å². The minimum atomic E-state index is 0.297. The third-order valence-corrected chi connectivity index (χ3v) is 4.86. The fourth-order valence-corrected chi connectivity index (χ4v) is 3.33. The summed E-state index contributed by atoms with van der Waals surface area (Å²) in [7, 11) is 0. The van der Waals surface area contributed by atoms with Gasteiger partial charge in [0, 0.05) is 29.7 Å². The molecule has 0 saturated heterocycles. The van der Waals surface area contributed by atoms with Gasteiger partial charge in [0.1, 0.15) is 5.82 Å². The Bertz CT molecular complexity index is 829. The largest absolute Gasteiger partial charge is 0.363 e. The van der Waals surface area contributed by atoms with Gasteiger partial charge in [0.05, 0.1) is 6.04 Å². The highest BCUT2D eigenvalue weighted by atomic mass is 15.1. The van der Waals surface area contributed by atoms with Crippen LogP contribution < -0.4 is 5.32 Å². The molecule has 0 amide bonds. The lowest BCUT2D eigenvalue weighted by Crippen LogP contribution is -2.26. The number of aromatic nitrogens is 3. The number of hydrogen-bond acceptors (Lipinski definition) is 4. The molecule has 2 aromatic heterocycles. The van der Waals surface area contributed by atoms with Gasteiger partial charge in [-0.25, -0.2) is 9.97 Å². The van der Waals surface area contributed by atoms with Crippen molar-refractivity contribution in [2.75, 3.05) is 5.32 Å². The Labute approximate surface area is 148 Å². The van der Waals surface area contributed by atoms with Gasteiger partial charge in [0.2, 0.25) is 0 Å². The van der Waals surface area contributed by atoms with E-state index >= 15 is 0 Å². The van der Waals surface area contributed by atoms with E-state index in [4.69, 9.17) is 4.98 Å². The second-order valence-electron chi connectivity index (χ2n) is 6.68. The first-order valence-corrected chi connectivity index (χ1v) is 8.87. The lowest BCUT2D eigenvalue weighted by molar-refractivity contribution is 0.277. The van der Waals surface area contributed by atoms with E-state index in [2.05, 4.69) is 45.6 Å². The lowest BCUT2D eigenvalue weighted by atomic mass is 9.77. The van der Waals surface area contributed by atoms with Crippen LogP contribution in [-0.2, 0) is 0 Å². The molecule has 0 aliphatic heterocycles. The van der Waals surface area contributed by atoms with Crippen LogP contribution in [0.4, 0.5) is 5.82 Å². The van der Waals surface area contributed by atoms with Crippen molar-refractivity contribution >= 4 is 5.82 Å². The van der Waals surface area contributed by atoms with Gasteiger partial charge in [-0.1, -0.05) is 36.8 Å². The van der Waals surface area contributed by atoms with Crippen molar-refractivity contribution in [1.29, 1.82) is 0 Å². The third kappa shape index (κ3) is 3.53. The summed E-state index contributed by atoms with van der Waals surface area (Å²) in [4.78, 5) is 13.5. The van der Waals surface area contributed by atoms with Gasteiger partial charge >= 0.3 is 0 Å². The summed E-state index contributed by atoms with van der Waals surface area (Å²) >= 11 is 0. The second kappa shape index (κ2) is 7.01. The number of nitrogens with zero attached hydrogens (tertiary/aromatic N) is 3. The maximum atomic E-state index is 4.75. The van der Waals surface area contributed by atoms with E-state index in [0.717, 1.165) is 22.9 Å². The topological polar surface area (TPSA) is 50.7 Å². The molecule has 126 valence electrons.